The van der Waals surface area contributed by atoms with Crippen molar-refractivity contribution in [1.29, 1.82) is 0 Å². The van der Waals surface area contributed by atoms with Crippen LogP contribution in [-0.4, -0.2) is 38.0 Å². The van der Waals surface area contributed by atoms with E-state index < -0.39 is 23.8 Å². The predicted molar refractivity (Wildman–Crippen MR) is 119 cm³/mol. The fourth-order valence-electron chi connectivity index (χ4n) is 4.44. The lowest BCUT2D eigenvalue weighted by molar-refractivity contribution is -0.151. The fraction of sp³-hybridized carbons (Fsp3) is 0.480. The fourth-order valence-corrected chi connectivity index (χ4v) is 4.44. The van der Waals surface area contributed by atoms with E-state index in [2.05, 4.69) is 5.32 Å². The summed E-state index contributed by atoms with van der Waals surface area (Å²) in [5, 5.41) is 3.26. The molecule has 0 unspecified atom stereocenters. The number of dihydropyridines is 1. The van der Waals surface area contributed by atoms with Gasteiger partial charge in [-0.2, -0.15) is 0 Å². The Morgan fingerprint density at radius 2 is 1.97 bits per heavy atom. The quantitative estimate of drug-likeness (QED) is 0.532. The first kappa shape index (κ1) is 23.6. The van der Waals surface area contributed by atoms with E-state index in [1.807, 2.05) is 45.9 Å². The minimum Gasteiger partial charge on any atom is -0.497 e. The first-order chi connectivity index (χ1) is 15.2. The minimum atomic E-state index is -0.918. The summed E-state index contributed by atoms with van der Waals surface area (Å²) in [5.74, 6) is -2.58. The van der Waals surface area contributed by atoms with Gasteiger partial charge in [-0.05, 0) is 50.3 Å². The van der Waals surface area contributed by atoms with Crippen LogP contribution in [0.4, 0.5) is 0 Å². The van der Waals surface area contributed by atoms with Gasteiger partial charge in [0.25, 0.3) is 0 Å². The molecule has 0 saturated carbocycles. The number of Topliss-reactive ketones (excluding diaryl/α,β-unsaturated/α-hetero) is 1. The monoisotopic (exact) mass is 441 g/mol. The van der Waals surface area contributed by atoms with E-state index in [1.54, 1.807) is 13.2 Å². The van der Waals surface area contributed by atoms with Crippen LogP contribution < -0.4 is 10.1 Å². The molecule has 4 atom stereocenters. The van der Waals surface area contributed by atoms with Gasteiger partial charge in [-0.3, -0.25) is 9.59 Å². The van der Waals surface area contributed by atoms with Crippen LogP contribution in [-0.2, 0) is 23.9 Å². The highest BCUT2D eigenvalue weighted by molar-refractivity contribution is 6.12. The largest absolute Gasteiger partial charge is 0.497 e. The molecule has 7 heteroatoms. The Bertz CT molecular complexity index is 992. The zero-order valence-electron chi connectivity index (χ0n) is 19.5. The van der Waals surface area contributed by atoms with Crippen molar-refractivity contribution < 1.29 is 28.6 Å². The first-order valence-corrected chi connectivity index (χ1v) is 10.9. The van der Waals surface area contributed by atoms with Crippen molar-refractivity contribution >= 4 is 17.7 Å². The van der Waals surface area contributed by atoms with Crippen LogP contribution >= 0.6 is 0 Å². The minimum absolute atomic E-state index is 0.228. The van der Waals surface area contributed by atoms with Crippen molar-refractivity contribution in [1.82, 2.24) is 5.32 Å². The molecule has 1 aromatic rings. The molecule has 1 aliphatic carbocycles. The van der Waals surface area contributed by atoms with E-state index in [1.165, 1.54) is 7.11 Å². The van der Waals surface area contributed by atoms with E-state index >= 15 is 0 Å². The number of benzene rings is 1. The van der Waals surface area contributed by atoms with Gasteiger partial charge >= 0.3 is 11.9 Å². The second-order valence-corrected chi connectivity index (χ2v) is 8.44. The number of rotatable bonds is 6. The molecular formula is C25H31NO6. The van der Waals surface area contributed by atoms with Crippen molar-refractivity contribution in [2.24, 2.45) is 11.8 Å². The summed E-state index contributed by atoms with van der Waals surface area (Å²) in [6, 6.07) is 7.28. The highest BCUT2D eigenvalue weighted by Gasteiger charge is 2.47. The Labute approximate surface area is 188 Å². The molecule has 3 rings (SSSR count). The van der Waals surface area contributed by atoms with E-state index in [0.717, 1.165) is 11.3 Å². The average Bonchev–Trinajstić information content (AvgIpc) is 2.77. The summed E-state index contributed by atoms with van der Waals surface area (Å²) >= 11 is 0. The van der Waals surface area contributed by atoms with Crippen molar-refractivity contribution in [3.8, 4) is 5.75 Å². The van der Waals surface area contributed by atoms with Crippen molar-refractivity contribution in [2.75, 3.05) is 14.2 Å². The molecule has 0 radical (unpaired) electrons. The third-order valence-corrected chi connectivity index (χ3v) is 6.27. The molecular weight excluding hydrogens is 410 g/mol. The van der Waals surface area contributed by atoms with Gasteiger partial charge in [0.05, 0.1) is 25.9 Å². The van der Waals surface area contributed by atoms with Gasteiger partial charge in [0.1, 0.15) is 11.7 Å². The molecule has 0 saturated heterocycles. The van der Waals surface area contributed by atoms with Crippen LogP contribution in [0.2, 0.25) is 0 Å². The van der Waals surface area contributed by atoms with Crippen molar-refractivity contribution in [3.63, 3.8) is 0 Å². The standard InChI is InChI=1S/C25H31NO6/c1-7-14(3)32-25(29)20-15(4)26-18-11-13(2)19(24(28)31-6)23(27)22(18)21(20)16-9-8-10-17(12-16)30-5/h8-10,12-14,19,21,26H,7,11H2,1-6H3/t13-,14-,19-,21+/m0/s1. The second kappa shape index (κ2) is 9.59. The number of hydrogen-bond acceptors (Lipinski definition) is 7. The van der Waals surface area contributed by atoms with E-state index in [0.29, 0.717) is 35.4 Å². The number of nitrogens with one attached hydrogen (secondary N) is 1. The molecule has 1 aliphatic heterocycles. The third-order valence-electron chi connectivity index (χ3n) is 6.27. The normalized spacial score (nSPS) is 23.8. The molecule has 32 heavy (non-hydrogen) atoms. The van der Waals surface area contributed by atoms with E-state index in [9.17, 15) is 14.4 Å². The molecule has 1 heterocycles. The number of methoxy groups -OCH3 is 2. The van der Waals surface area contributed by atoms with Crippen LogP contribution in [0.15, 0.2) is 46.8 Å². The maximum absolute atomic E-state index is 13.7. The lowest BCUT2D eigenvalue weighted by Gasteiger charge is -2.38. The molecule has 172 valence electrons. The number of hydrogen-bond donors (Lipinski definition) is 1. The SMILES string of the molecule is CC[C@H](C)OC(=O)C1=C(C)NC2=C(C(=O)[C@@H](C(=O)OC)[C@@H](C)C2)[C@@H]1c1cccc(OC)c1. The van der Waals surface area contributed by atoms with Gasteiger partial charge in [-0.15, -0.1) is 0 Å². The topological polar surface area (TPSA) is 90.9 Å². The Kier molecular flexibility index (Phi) is 7.06. The molecule has 0 spiro atoms. The van der Waals surface area contributed by atoms with Crippen LogP contribution in [0, 0.1) is 11.8 Å². The van der Waals surface area contributed by atoms with Gasteiger partial charge in [0.15, 0.2) is 5.78 Å². The lowest BCUT2D eigenvalue weighted by Crippen LogP contribution is -2.43. The maximum atomic E-state index is 13.7. The van der Waals surface area contributed by atoms with Crippen LogP contribution in [0.5, 0.6) is 5.75 Å². The molecule has 0 amide bonds. The number of allylic oxidation sites excluding steroid dienone is 3. The zero-order chi connectivity index (χ0) is 23.6. The Morgan fingerprint density at radius 1 is 1.25 bits per heavy atom. The van der Waals surface area contributed by atoms with Crippen LogP contribution in [0.1, 0.15) is 52.0 Å². The zero-order valence-corrected chi connectivity index (χ0v) is 19.5. The first-order valence-electron chi connectivity index (χ1n) is 10.9. The van der Waals surface area contributed by atoms with Gasteiger partial charge < -0.3 is 19.5 Å². The summed E-state index contributed by atoms with van der Waals surface area (Å²) in [7, 11) is 2.84. The number of carbonyl (C=O) groups excluding carboxylic acids is 3. The van der Waals surface area contributed by atoms with E-state index in [4.69, 9.17) is 14.2 Å². The molecule has 2 aliphatic rings. The van der Waals surface area contributed by atoms with Crippen LogP contribution in [0.3, 0.4) is 0 Å². The predicted octanol–water partition coefficient (Wildman–Crippen LogP) is 3.65. The molecule has 0 fully saturated rings. The third kappa shape index (κ3) is 4.29. The Morgan fingerprint density at radius 3 is 2.59 bits per heavy atom. The summed E-state index contributed by atoms with van der Waals surface area (Å²) in [6.45, 7) is 7.43. The molecule has 0 bridgehead atoms. The molecule has 7 nitrogen and oxygen atoms in total. The summed E-state index contributed by atoms with van der Waals surface area (Å²) in [5.41, 5.74) is 2.87. The number of ketones is 1. The van der Waals surface area contributed by atoms with Crippen molar-refractivity contribution in [2.45, 2.75) is 52.6 Å². The average molecular weight is 442 g/mol. The highest BCUT2D eigenvalue weighted by Crippen LogP contribution is 2.46. The molecule has 1 aromatic carbocycles. The Hall–Kier alpha value is -3.09. The summed E-state index contributed by atoms with van der Waals surface area (Å²) in [4.78, 5) is 39.4. The second-order valence-electron chi connectivity index (χ2n) is 8.44. The molecule has 1 N–H and O–H groups in total. The summed E-state index contributed by atoms with van der Waals surface area (Å²) in [6.07, 6.45) is 0.894. The van der Waals surface area contributed by atoms with Crippen LogP contribution in [0.25, 0.3) is 0 Å². The maximum Gasteiger partial charge on any atom is 0.337 e. The van der Waals surface area contributed by atoms with Gasteiger partial charge in [0.2, 0.25) is 0 Å². The summed E-state index contributed by atoms with van der Waals surface area (Å²) < 4.78 is 16.0. The number of carbonyl (C=O) groups is 3. The number of esters is 2. The highest BCUT2D eigenvalue weighted by atomic mass is 16.5. The number of ether oxygens (including phenoxy) is 3. The van der Waals surface area contributed by atoms with Gasteiger partial charge in [0, 0.05) is 22.9 Å². The van der Waals surface area contributed by atoms with Crippen molar-refractivity contribution in [3.05, 3.63) is 52.4 Å². The van der Waals surface area contributed by atoms with Gasteiger partial charge in [-0.1, -0.05) is 26.0 Å². The lowest BCUT2D eigenvalue weighted by atomic mass is 9.69. The smallest absolute Gasteiger partial charge is 0.337 e. The Balaban J connectivity index is 2.18. The molecule has 0 aromatic heterocycles. The van der Waals surface area contributed by atoms with Gasteiger partial charge in [-0.25, -0.2) is 4.79 Å². The van der Waals surface area contributed by atoms with E-state index in [-0.39, 0.29) is 17.8 Å².